The SMILES string of the molecule is FC(F)(F)OC1CCC(Nc2ncc3c(-c4cnc5nccn5c4)ccn3n2)CC1. The van der Waals surface area contributed by atoms with Crippen LogP contribution in [0.4, 0.5) is 19.1 Å². The zero-order valence-electron chi connectivity index (χ0n) is 15.8. The van der Waals surface area contributed by atoms with Crippen molar-refractivity contribution in [2.24, 2.45) is 0 Å². The Morgan fingerprint density at radius 1 is 1.03 bits per heavy atom. The van der Waals surface area contributed by atoms with Gasteiger partial charge in [-0.2, -0.15) is 0 Å². The number of anilines is 1. The average Bonchev–Trinajstić information content (AvgIpc) is 3.34. The van der Waals surface area contributed by atoms with E-state index in [1.165, 1.54) is 0 Å². The van der Waals surface area contributed by atoms with E-state index in [9.17, 15) is 13.2 Å². The topological polar surface area (TPSA) is 81.6 Å². The summed E-state index contributed by atoms with van der Waals surface area (Å²) < 4.78 is 44.7. The number of fused-ring (bicyclic) bond motifs is 2. The molecule has 0 aliphatic heterocycles. The number of hydrogen-bond donors (Lipinski definition) is 1. The summed E-state index contributed by atoms with van der Waals surface area (Å²) in [6, 6.07) is 1.95. The quantitative estimate of drug-likeness (QED) is 0.545. The molecule has 5 rings (SSSR count). The molecule has 1 saturated carbocycles. The molecule has 156 valence electrons. The predicted molar refractivity (Wildman–Crippen MR) is 102 cm³/mol. The molecule has 4 aromatic heterocycles. The third-order valence-corrected chi connectivity index (χ3v) is 5.28. The van der Waals surface area contributed by atoms with Crippen LogP contribution in [0.15, 0.2) is 43.2 Å². The smallest absolute Gasteiger partial charge is 0.350 e. The number of imidazole rings is 1. The Kier molecular flexibility index (Phi) is 4.54. The Morgan fingerprint density at radius 2 is 1.87 bits per heavy atom. The van der Waals surface area contributed by atoms with Crippen LogP contribution in [0.25, 0.3) is 22.4 Å². The lowest BCUT2D eigenvalue weighted by Crippen LogP contribution is -2.33. The van der Waals surface area contributed by atoms with Crippen molar-refractivity contribution in [3.63, 3.8) is 0 Å². The van der Waals surface area contributed by atoms with Crippen molar-refractivity contribution >= 4 is 17.2 Å². The summed E-state index contributed by atoms with van der Waals surface area (Å²) in [4.78, 5) is 12.9. The predicted octanol–water partition coefficient (Wildman–Crippen LogP) is 3.70. The summed E-state index contributed by atoms with van der Waals surface area (Å²) in [6.45, 7) is 0. The number of nitrogens with zero attached hydrogens (tertiary/aromatic N) is 6. The fourth-order valence-electron chi connectivity index (χ4n) is 3.86. The van der Waals surface area contributed by atoms with Gasteiger partial charge in [0.15, 0.2) is 0 Å². The molecular weight excluding hydrogens is 399 g/mol. The van der Waals surface area contributed by atoms with Crippen molar-refractivity contribution in [1.82, 2.24) is 29.0 Å². The third kappa shape index (κ3) is 3.80. The van der Waals surface area contributed by atoms with Gasteiger partial charge in [-0.25, -0.2) is 19.5 Å². The second-order valence-corrected chi connectivity index (χ2v) is 7.30. The summed E-state index contributed by atoms with van der Waals surface area (Å²) in [5, 5.41) is 7.71. The summed E-state index contributed by atoms with van der Waals surface area (Å²) in [7, 11) is 0. The number of aromatic nitrogens is 6. The number of ether oxygens (including phenoxy) is 1. The maximum absolute atomic E-state index is 12.3. The molecular formula is C19H18F3N7O. The van der Waals surface area contributed by atoms with Crippen LogP contribution >= 0.6 is 0 Å². The Bertz CT molecular complexity index is 1180. The van der Waals surface area contributed by atoms with Gasteiger partial charge in [0.2, 0.25) is 11.7 Å². The molecule has 8 nitrogen and oxygen atoms in total. The maximum atomic E-state index is 12.3. The van der Waals surface area contributed by atoms with E-state index < -0.39 is 12.5 Å². The monoisotopic (exact) mass is 417 g/mol. The van der Waals surface area contributed by atoms with Crippen molar-refractivity contribution in [3.05, 3.63) is 43.2 Å². The second kappa shape index (κ2) is 7.24. The van der Waals surface area contributed by atoms with Crippen molar-refractivity contribution in [2.75, 3.05) is 5.32 Å². The van der Waals surface area contributed by atoms with Gasteiger partial charge < -0.3 is 5.32 Å². The van der Waals surface area contributed by atoms with Crippen LogP contribution in [0.1, 0.15) is 25.7 Å². The van der Waals surface area contributed by atoms with Crippen LogP contribution in [-0.2, 0) is 4.74 Å². The maximum Gasteiger partial charge on any atom is 0.522 e. The van der Waals surface area contributed by atoms with Crippen LogP contribution in [0.3, 0.4) is 0 Å². The van der Waals surface area contributed by atoms with E-state index in [2.05, 4.69) is 30.1 Å². The van der Waals surface area contributed by atoms with E-state index in [-0.39, 0.29) is 6.04 Å². The fourth-order valence-corrected chi connectivity index (χ4v) is 3.86. The molecule has 11 heteroatoms. The molecule has 0 saturated heterocycles. The highest BCUT2D eigenvalue weighted by Gasteiger charge is 2.35. The molecule has 0 bridgehead atoms. The fraction of sp³-hybridized carbons (Fsp3) is 0.368. The first-order valence-corrected chi connectivity index (χ1v) is 9.59. The number of rotatable bonds is 4. The standard InChI is InChI=1S/C19H18F3N7O/c20-19(21,22)30-14-3-1-13(2-4-14)26-17-24-10-16-15(5-7-29(16)27-17)12-9-25-18-23-6-8-28(18)11-12/h5-11,13-14H,1-4H2,(H,26,27). The van der Waals surface area contributed by atoms with E-state index in [0.717, 1.165) is 16.6 Å². The molecule has 1 fully saturated rings. The molecule has 0 radical (unpaired) electrons. The van der Waals surface area contributed by atoms with Gasteiger partial charge in [0.25, 0.3) is 0 Å². The molecule has 4 aromatic rings. The highest BCUT2D eigenvalue weighted by molar-refractivity contribution is 5.79. The summed E-state index contributed by atoms with van der Waals surface area (Å²) >= 11 is 0. The van der Waals surface area contributed by atoms with Gasteiger partial charge in [0, 0.05) is 48.2 Å². The molecule has 4 heterocycles. The van der Waals surface area contributed by atoms with Crippen LogP contribution in [0, 0.1) is 0 Å². The normalized spacial score (nSPS) is 20.1. The Balaban J connectivity index is 1.29. The van der Waals surface area contributed by atoms with E-state index in [0.29, 0.717) is 37.4 Å². The minimum Gasteiger partial charge on any atom is -0.350 e. The average molecular weight is 417 g/mol. The number of nitrogens with one attached hydrogen (secondary N) is 1. The van der Waals surface area contributed by atoms with Crippen LogP contribution in [0.2, 0.25) is 0 Å². The lowest BCUT2D eigenvalue weighted by atomic mass is 9.93. The highest BCUT2D eigenvalue weighted by atomic mass is 19.4. The summed E-state index contributed by atoms with van der Waals surface area (Å²) in [5.41, 5.74) is 2.67. The Morgan fingerprint density at radius 3 is 2.67 bits per heavy atom. The number of hydrogen-bond acceptors (Lipinski definition) is 6. The van der Waals surface area contributed by atoms with Crippen molar-refractivity contribution < 1.29 is 17.9 Å². The van der Waals surface area contributed by atoms with Crippen molar-refractivity contribution in [3.8, 4) is 11.1 Å². The van der Waals surface area contributed by atoms with Gasteiger partial charge in [-0.05, 0) is 31.7 Å². The van der Waals surface area contributed by atoms with Crippen molar-refractivity contribution in [2.45, 2.75) is 44.2 Å². The van der Waals surface area contributed by atoms with E-state index in [1.54, 1.807) is 23.1 Å². The van der Waals surface area contributed by atoms with Gasteiger partial charge in [0.05, 0.1) is 17.8 Å². The molecule has 0 aromatic carbocycles. The Hall–Kier alpha value is -3.21. The molecule has 1 aliphatic carbocycles. The van der Waals surface area contributed by atoms with Crippen molar-refractivity contribution in [1.29, 1.82) is 0 Å². The molecule has 1 aliphatic rings. The van der Waals surface area contributed by atoms with Crippen LogP contribution < -0.4 is 5.32 Å². The summed E-state index contributed by atoms with van der Waals surface area (Å²) in [6.07, 6.45) is 7.24. The van der Waals surface area contributed by atoms with Crippen LogP contribution in [0.5, 0.6) is 0 Å². The number of halogens is 3. The third-order valence-electron chi connectivity index (χ3n) is 5.28. The zero-order chi connectivity index (χ0) is 20.7. The van der Waals surface area contributed by atoms with Gasteiger partial charge in [-0.1, -0.05) is 0 Å². The molecule has 1 N–H and O–H groups in total. The first-order chi connectivity index (χ1) is 14.4. The molecule has 30 heavy (non-hydrogen) atoms. The largest absolute Gasteiger partial charge is 0.522 e. The van der Waals surface area contributed by atoms with Gasteiger partial charge in [0.1, 0.15) is 0 Å². The number of alkyl halides is 3. The molecule has 0 atom stereocenters. The zero-order valence-corrected chi connectivity index (χ0v) is 15.8. The minimum atomic E-state index is -4.58. The minimum absolute atomic E-state index is 0.0124. The lowest BCUT2D eigenvalue weighted by molar-refractivity contribution is -0.345. The first-order valence-electron chi connectivity index (χ1n) is 9.59. The molecule has 0 spiro atoms. The highest BCUT2D eigenvalue weighted by Crippen LogP contribution is 2.29. The van der Waals surface area contributed by atoms with Gasteiger partial charge in [-0.15, -0.1) is 18.3 Å². The van der Waals surface area contributed by atoms with E-state index in [4.69, 9.17) is 0 Å². The first kappa shape index (κ1) is 18.8. The van der Waals surface area contributed by atoms with Gasteiger partial charge >= 0.3 is 6.36 Å². The molecule has 0 unspecified atom stereocenters. The van der Waals surface area contributed by atoms with Crippen LogP contribution in [-0.4, -0.2) is 47.5 Å². The van der Waals surface area contributed by atoms with Gasteiger partial charge in [-0.3, -0.25) is 9.14 Å². The Labute approximate surface area is 168 Å². The van der Waals surface area contributed by atoms with E-state index in [1.807, 2.05) is 29.1 Å². The van der Waals surface area contributed by atoms with E-state index >= 15 is 0 Å². The molecule has 0 amide bonds. The second-order valence-electron chi connectivity index (χ2n) is 7.30. The summed E-state index contributed by atoms with van der Waals surface area (Å²) in [5.74, 6) is 1.06. The lowest BCUT2D eigenvalue weighted by Gasteiger charge is -2.29.